The van der Waals surface area contributed by atoms with Crippen molar-refractivity contribution in [2.75, 3.05) is 18.4 Å². The van der Waals surface area contributed by atoms with Crippen LogP contribution in [0.5, 0.6) is 0 Å². The molecule has 3 aromatic rings. The van der Waals surface area contributed by atoms with Crippen LogP contribution in [0, 0.1) is 6.92 Å². The van der Waals surface area contributed by atoms with Gasteiger partial charge in [0.25, 0.3) is 0 Å². The lowest BCUT2D eigenvalue weighted by Gasteiger charge is -2.29. The summed E-state index contributed by atoms with van der Waals surface area (Å²) in [5.74, 6) is 0.423. The summed E-state index contributed by atoms with van der Waals surface area (Å²) >= 11 is 0. The fraction of sp³-hybridized carbons (Fsp3) is 0.346. The molecule has 9 heteroatoms. The van der Waals surface area contributed by atoms with Crippen LogP contribution in [0.2, 0.25) is 0 Å². The monoisotopic (exact) mass is 474 g/mol. The number of likely N-dealkylation sites (tertiary alicyclic amines) is 1. The third-order valence-corrected chi connectivity index (χ3v) is 6.42. The number of aryl methyl sites for hydroxylation is 3. The minimum atomic E-state index is -0.858. The molecular formula is C26H30N6O3. The van der Waals surface area contributed by atoms with Crippen LogP contribution in [0.1, 0.15) is 46.8 Å². The Balaban J connectivity index is 1.39. The molecule has 1 fully saturated rings. The van der Waals surface area contributed by atoms with E-state index in [4.69, 9.17) is 15.8 Å². The van der Waals surface area contributed by atoms with Crippen molar-refractivity contribution in [1.82, 2.24) is 19.9 Å². The van der Waals surface area contributed by atoms with Gasteiger partial charge < -0.3 is 21.1 Å². The van der Waals surface area contributed by atoms with Crippen molar-refractivity contribution in [2.24, 2.45) is 5.73 Å². The number of hydrogen-bond acceptors (Lipinski definition) is 6. The summed E-state index contributed by atoms with van der Waals surface area (Å²) < 4.78 is 0. The molecule has 0 bridgehead atoms. The number of nitrogens with two attached hydrogens (primary N) is 1. The average molecular weight is 475 g/mol. The Morgan fingerprint density at radius 2 is 1.80 bits per heavy atom. The van der Waals surface area contributed by atoms with Crippen molar-refractivity contribution in [3.8, 4) is 0 Å². The molecule has 1 aromatic carbocycles. The fourth-order valence-corrected chi connectivity index (χ4v) is 4.42. The van der Waals surface area contributed by atoms with E-state index in [9.17, 15) is 9.59 Å². The van der Waals surface area contributed by atoms with Crippen LogP contribution in [0.25, 0.3) is 0 Å². The fourth-order valence-electron chi connectivity index (χ4n) is 4.42. The molecule has 0 atom stereocenters. The molecule has 4 N–H and O–H groups in total. The maximum atomic E-state index is 11.4. The van der Waals surface area contributed by atoms with Crippen LogP contribution in [-0.2, 0) is 24.1 Å². The zero-order chi connectivity index (χ0) is 24.8. The Bertz CT molecular complexity index is 1190. The summed E-state index contributed by atoms with van der Waals surface area (Å²) in [5, 5.41) is 12.3. The van der Waals surface area contributed by atoms with Gasteiger partial charge in [-0.25, -0.2) is 14.8 Å². The molecular weight excluding hydrogens is 444 g/mol. The van der Waals surface area contributed by atoms with Crippen LogP contribution in [0.3, 0.4) is 0 Å². The molecule has 4 rings (SSSR count). The maximum absolute atomic E-state index is 11.4. The van der Waals surface area contributed by atoms with Crippen LogP contribution < -0.4 is 11.1 Å². The lowest BCUT2D eigenvalue weighted by Crippen LogP contribution is -2.36. The quantitative estimate of drug-likeness (QED) is 0.454. The largest absolute Gasteiger partial charge is 0.465 e. The molecule has 182 valence electrons. The number of primary amides is 1. The molecule has 1 aliphatic rings. The molecule has 0 saturated carbocycles. The molecule has 35 heavy (non-hydrogen) atoms. The van der Waals surface area contributed by atoms with E-state index in [-0.39, 0.29) is 18.2 Å². The van der Waals surface area contributed by atoms with E-state index in [1.807, 2.05) is 43.3 Å². The van der Waals surface area contributed by atoms with Crippen molar-refractivity contribution in [2.45, 2.75) is 44.9 Å². The van der Waals surface area contributed by atoms with E-state index < -0.39 is 6.09 Å². The average Bonchev–Trinajstić information content (AvgIpc) is 2.85. The summed E-state index contributed by atoms with van der Waals surface area (Å²) in [5.41, 5.74) is 11.1. The number of anilines is 2. The summed E-state index contributed by atoms with van der Waals surface area (Å²) in [6, 6.07) is 11.8. The Morgan fingerprint density at radius 1 is 1.06 bits per heavy atom. The van der Waals surface area contributed by atoms with Gasteiger partial charge in [0.1, 0.15) is 0 Å². The zero-order valence-corrected chi connectivity index (χ0v) is 19.8. The van der Waals surface area contributed by atoms with Gasteiger partial charge in [-0.1, -0.05) is 24.3 Å². The Kier molecular flexibility index (Phi) is 7.54. The van der Waals surface area contributed by atoms with E-state index in [0.717, 1.165) is 53.0 Å². The van der Waals surface area contributed by atoms with Gasteiger partial charge in [-0.05, 0) is 61.4 Å². The second kappa shape index (κ2) is 10.9. The van der Waals surface area contributed by atoms with Gasteiger partial charge in [0, 0.05) is 36.6 Å². The number of carbonyl (C=O) groups excluding carboxylic acids is 1. The van der Waals surface area contributed by atoms with Crippen molar-refractivity contribution in [3.63, 3.8) is 0 Å². The zero-order valence-electron chi connectivity index (χ0n) is 19.8. The van der Waals surface area contributed by atoms with E-state index in [1.54, 1.807) is 12.4 Å². The predicted octanol–water partition coefficient (Wildman–Crippen LogP) is 3.59. The summed E-state index contributed by atoms with van der Waals surface area (Å²) in [4.78, 5) is 37.6. The number of piperidine rings is 1. The third-order valence-electron chi connectivity index (χ3n) is 6.42. The Hall–Kier alpha value is -4.01. The number of aromatic nitrogens is 3. The van der Waals surface area contributed by atoms with Gasteiger partial charge in [-0.3, -0.25) is 9.78 Å². The van der Waals surface area contributed by atoms with Gasteiger partial charge in [-0.15, -0.1) is 0 Å². The highest BCUT2D eigenvalue weighted by atomic mass is 16.4. The van der Waals surface area contributed by atoms with Gasteiger partial charge in [-0.2, -0.15) is 0 Å². The standard InChI is InChI=1S/C26H30N6O3/c1-17-15-29-25(31-22(17)8-6-18-4-2-3-5-20(18)14-24(27)33)30-21-7-9-23(28-16-21)19-10-12-32(13-11-19)26(34)35/h2-5,7,9,15-16,19H,6,8,10-14H2,1H3,(H2,27,33)(H,34,35)(H,29,30,31). The molecule has 3 heterocycles. The molecule has 1 aliphatic heterocycles. The van der Waals surface area contributed by atoms with Crippen LogP contribution >= 0.6 is 0 Å². The van der Waals surface area contributed by atoms with E-state index in [2.05, 4.69) is 15.3 Å². The predicted molar refractivity (Wildman–Crippen MR) is 133 cm³/mol. The van der Waals surface area contributed by atoms with Crippen molar-refractivity contribution in [3.05, 3.63) is 76.9 Å². The van der Waals surface area contributed by atoms with Crippen molar-refractivity contribution >= 4 is 23.6 Å². The van der Waals surface area contributed by atoms with Crippen LogP contribution in [0.15, 0.2) is 48.8 Å². The number of carboxylic acid groups (broad SMARTS) is 1. The first-order chi connectivity index (χ1) is 16.9. The number of nitrogens with zero attached hydrogens (tertiary/aromatic N) is 4. The van der Waals surface area contributed by atoms with Gasteiger partial charge >= 0.3 is 6.09 Å². The second-order valence-electron chi connectivity index (χ2n) is 8.88. The molecule has 0 radical (unpaired) electrons. The molecule has 0 spiro atoms. The topological polar surface area (TPSA) is 134 Å². The van der Waals surface area contributed by atoms with E-state index in [0.29, 0.717) is 25.5 Å². The highest BCUT2D eigenvalue weighted by Gasteiger charge is 2.24. The molecule has 0 unspecified atom stereocenters. The lowest BCUT2D eigenvalue weighted by molar-refractivity contribution is -0.117. The summed E-state index contributed by atoms with van der Waals surface area (Å²) in [6.45, 7) is 3.06. The summed E-state index contributed by atoms with van der Waals surface area (Å²) in [6.07, 6.45) is 5.96. The van der Waals surface area contributed by atoms with Crippen molar-refractivity contribution in [1.29, 1.82) is 0 Å². The lowest BCUT2D eigenvalue weighted by atomic mass is 9.93. The van der Waals surface area contributed by atoms with Crippen LogP contribution in [0.4, 0.5) is 16.4 Å². The number of pyridine rings is 1. The third kappa shape index (κ3) is 6.32. The molecule has 1 saturated heterocycles. The smallest absolute Gasteiger partial charge is 0.407 e. The Morgan fingerprint density at radius 3 is 2.46 bits per heavy atom. The molecule has 9 nitrogen and oxygen atoms in total. The van der Waals surface area contributed by atoms with Crippen LogP contribution in [-0.4, -0.2) is 50.0 Å². The van der Waals surface area contributed by atoms with Gasteiger partial charge in [0.2, 0.25) is 11.9 Å². The van der Waals surface area contributed by atoms with Crippen molar-refractivity contribution < 1.29 is 14.7 Å². The summed E-state index contributed by atoms with van der Waals surface area (Å²) in [7, 11) is 0. The first kappa shape index (κ1) is 24.1. The number of amides is 2. The van der Waals surface area contributed by atoms with Gasteiger partial charge in [0.05, 0.1) is 18.3 Å². The first-order valence-corrected chi connectivity index (χ1v) is 11.8. The number of rotatable bonds is 8. The SMILES string of the molecule is Cc1cnc(Nc2ccc(C3CCN(C(=O)O)CC3)nc2)nc1CCc1ccccc1CC(N)=O. The highest BCUT2D eigenvalue weighted by molar-refractivity contribution is 5.77. The highest BCUT2D eigenvalue weighted by Crippen LogP contribution is 2.27. The van der Waals surface area contributed by atoms with E-state index in [1.165, 1.54) is 4.90 Å². The minimum absolute atomic E-state index is 0.230. The molecule has 2 aromatic heterocycles. The number of hydrogen-bond donors (Lipinski definition) is 3. The second-order valence-corrected chi connectivity index (χ2v) is 8.88. The number of benzene rings is 1. The Labute approximate surface area is 204 Å². The first-order valence-electron chi connectivity index (χ1n) is 11.8. The number of carbonyl (C=O) groups is 2. The minimum Gasteiger partial charge on any atom is -0.465 e. The normalized spacial score (nSPS) is 14.0. The molecule has 2 amide bonds. The number of nitrogens with one attached hydrogen (secondary N) is 1. The van der Waals surface area contributed by atoms with Gasteiger partial charge in [0.15, 0.2) is 0 Å². The van der Waals surface area contributed by atoms with E-state index >= 15 is 0 Å². The molecule has 0 aliphatic carbocycles. The maximum Gasteiger partial charge on any atom is 0.407 e.